The Kier molecular flexibility index (Phi) is 8.41. The number of aryl methyl sites for hydroxylation is 1. The van der Waals surface area contributed by atoms with Gasteiger partial charge in [0.1, 0.15) is 12.3 Å². The molecule has 0 radical (unpaired) electrons. The minimum Gasteiger partial charge on any atom is -0.383 e. The predicted molar refractivity (Wildman–Crippen MR) is 117 cm³/mol. The second-order valence-corrected chi connectivity index (χ2v) is 7.84. The number of hydrogen-bond acceptors (Lipinski definition) is 5. The molecule has 0 aliphatic rings. The van der Waals surface area contributed by atoms with Crippen LogP contribution in [0.15, 0.2) is 28.8 Å². The van der Waals surface area contributed by atoms with E-state index in [-0.39, 0.29) is 36.9 Å². The fourth-order valence-electron chi connectivity index (χ4n) is 3.12. The van der Waals surface area contributed by atoms with Gasteiger partial charge in [-0.3, -0.25) is 4.79 Å². The molecular formula is C22H32N4O4. The SMILES string of the molecule is COCCN(CC(=O)Nc1cc(C)on1)C(=O)Nc1c(C(C)C)cccc1C(C)C. The van der Waals surface area contributed by atoms with Gasteiger partial charge in [-0.2, -0.15) is 0 Å². The van der Waals surface area contributed by atoms with E-state index >= 15 is 0 Å². The second kappa shape index (κ2) is 10.8. The number of amides is 3. The topological polar surface area (TPSA) is 96.7 Å². The van der Waals surface area contributed by atoms with Crippen molar-refractivity contribution >= 4 is 23.4 Å². The van der Waals surface area contributed by atoms with Gasteiger partial charge in [-0.05, 0) is 29.9 Å². The van der Waals surface area contributed by atoms with Crippen LogP contribution in [0.4, 0.5) is 16.3 Å². The number of benzene rings is 1. The van der Waals surface area contributed by atoms with Gasteiger partial charge in [0, 0.05) is 25.4 Å². The lowest BCUT2D eigenvalue weighted by atomic mass is 9.93. The van der Waals surface area contributed by atoms with Gasteiger partial charge in [-0.15, -0.1) is 0 Å². The van der Waals surface area contributed by atoms with E-state index in [9.17, 15) is 9.59 Å². The maximum absolute atomic E-state index is 13.1. The fraction of sp³-hybridized carbons (Fsp3) is 0.500. The van der Waals surface area contributed by atoms with Crippen LogP contribution < -0.4 is 10.6 Å². The lowest BCUT2D eigenvalue weighted by molar-refractivity contribution is -0.116. The van der Waals surface area contributed by atoms with Crippen LogP contribution in [0.25, 0.3) is 0 Å². The van der Waals surface area contributed by atoms with Crippen LogP contribution in [0.5, 0.6) is 0 Å². The molecule has 0 saturated carbocycles. The number of nitrogens with one attached hydrogen (secondary N) is 2. The summed E-state index contributed by atoms with van der Waals surface area (Å²) in [6.45, 7) is 10.5. The molecule has 8 nitrogen and oxygen atoms in total. The molecule has 30 heavy (non-hydrogen) atoms. The minimum absolute atomic E-state index is 0.137. The predicted octanol–water partition coefficient (Wildman–Crippen LogP) is 4.35. The minimum atomic E-state index is -0.365. The van der Waals surface area contributed by atoms with Crippen LogP contribution in [0.2, 0.25) is 0 Å². The molecule has 1 aromatic carbocycles. The molecule has 0 saturated heterocycles. The molecular weight excluding hydrogens is 384 g/mol. The highest BCUT2D eigenvalue weighted by Crippen LogP contribution is 2.32. The van der Waals surface area contributed by atoms with E-state index in [1.54, 1.807) is 20.1 Å². The quantitative estimate of drug-likeness (QED) is 0.633. The molecule has 2 rings (SSSR count). The third-order valence-corrected chi connectivity index (χ3v) is 4.69. The van der Waals surface area contributed by atoms with Gasteiger partial charge in [0.15, 0.2) is 5.82 Å². The number of carbonyl (C=O) groups is 2. The highest BCUT2D eigenvalue weighted by atomic mass is 16.5. The van der Waals surface area contributed by atoms with Crippen molar-refractivity contribution in [2.45, 2.75) is 46.5 Å². The summed E-state index contributed by atoms with van der Waals surface area (Å²) in [4.78, 5) is 27.0. The highest BCUT2D eigenvalue weighted by Gasteiger charge is 2.21. The molecule has 2 N–H and O–H groups in total. The van der Waals surface area contributed by atoms with E-state index in [1.165, 1.54) is 4.90 Å². The van der Waals surface area contributed by atoms with E-state index in [0.29, 0.717) is 18.2 Å². The number of carbonyl (C=O) groups excluding carboxylic acids is 2. The summed E-state index contributed by atoms with van der Waals surface area (Å²) in [5, 5.41) is 9.43. The molecule has 0 spiro atoms. The van der Waals surface area contributed by atoms with Crippen molar-refractivity contribution in [2.75, 3.05) is 37.4 Å². The van der Waals surface area contributed by atoms with Crippen molar-refractivity contribution < 1.29 is 18.8 Å². The maximum atomic E-state index is 13.1. The molecule has 3 amide bonds. The van der Waals surface area contributed by atoms with Crippen LogP contribution in [-0.4, -0.2) is 48.8 Å². The van der Waals surface area contributed by atoms with Crippen molar-refractivity contribution in [3.05, 3.63) is 41.2 Å². The Morgan fingerprint density at radius 1 is 1.13 bits per heavy atom. The summed E-state index contributed by atoms with van der Waals surface area (Å²) < 4.78 is 10.1. The van der Waals surface area contributed by atoms with Crippen molar-refractivity contribution in [2.24, 2.45) is 0 Å². The van der Waals surface area contributed by atoms with Crippen molar-refractivity contribution in [3.63, 3.8) is 0 Å². The Morgan fingerprint density at radius 2 is 1.77 bits per heavy atom. The monoisotopic (exact) mass is 416 g/mol. The molecule has 0 fully saturated rings. The van der Waals surface area contributed by atoms with Crippen LogP contribution in [0, 0.1) is 6.92 Å². The first-order chi connectivity index (χ1) is 14.2. The van der Waals surface area contributed by atoms with E-state index in [0.717, 1.165) is 16.8 Å². The molecule has 0 bridgehead atoms. The Morgan fingerprint density at radius 3 is 2.27 bits per heavy atom. The zero-order chi connectivity index (χ0) is 22.3. The zero-order valence-corrected chi connectivity index (χ0v) is 18.6. The van der Waals surface area contributed by atoms with E-state index in [2.05, 4.69) is 43.5 Å². The second-order valence-electron chi connectivity index (χ2n) is 7.84. The number of aromatic nitrogens is 1. The summed E-state index contributed by atoms with van der Waals surface area (Å²) in [6, 6.07) is 7.31. The molecule has 1 aromatic heterocycles. The molecule has 0 aliphatic carbocycles. The lowest BCUT2D eigenvalue weighted by Crippen LogP contribution is -2.42. The third-order valence-electron chi connectivity index (χ3n) is 4.69. The van der Waals surface area contributed by atoms with Crippen molar-refractivity contribution in [1.82, 2.24) is 10.1 Å². The summed E-state index contributed by atoms with van der Waals surface area (Å²) in [6.07, 6.45) is 0. The van der Waals surface area contributed by atoms with Gasteiger partial charge in [0.25, 0.3) is 0 Å². The molecule has 0 atom stereocenters. The first-order valence-corrected chi connectivity index (χ1v) is 10.1. The maximum Gasteiger partial charge on any atom is 0.322 e. The average Bonchev–Trinajstić information content (AvgIpc) is 3.09. The van der Waals surface area contributed by atoms with E-state index < -0.39 is 0 Å². The van der Waals surface area contributed by atoms with Gasteiger partial charge < -0.3 is 24.8 Å². The smallest absolute Gasteiger partial charge is 0.322 e. The van der Waals surface area contributed by atoms with E-state index in [4.69, 9.17) is 9.26 Å². The van der Waals surface area contributed by atoms with Gasteiger partial charge in [-0.1, -0.05) is 51.1 Å². The summed E-state index contributed by atoms with van der Waals surface area (Å²) in [5.74, 6) is 1.02. The molecule has 0 unspecified atom stereocenters. The average molecular weight is 417 g/mol. The van der Waals surface area contributed by atoms with Gasteiger partial charge in [-0.25, -0.2) is 4.79 Å². The van der Waals surface area contributed by atoms with Gasteiger partial charge in [0.05, 0.1) is 6.61 Å². The third kappa shape index (κ3) is 6.32. The molecule has 1 heterocycles. The standard InChI is InChI=1S/C22H32N4O4/c1-14(2)17-8-7-9-18(15(3)4)21(17)24-22(28)26(10-11-29-6)13-20(27)23-19-12-16(5)30-25-19/h7-9,12,14-15H,10-11,13H2,1-6H3,(H,24,28)(H,23,25,27). The van der Waals surface area contributed by atoms with Crippen LogP contribution in [0.1, 0.15) is 56.4 Å². The Hall–Kier alpha value is -2.87. The van der Waals surface area contributed by atoms with Crippen molar-refractivity contribution in [3.8, 4) is 0 Å². The number of hydrogen-bond donors (Lipinski definition) is 2. The zero-order valence-electron chi connectivity index (χ0n) is 18.6. The number of rotatable bonds is 9. The number of nitrogens with zero attached hydrogens (tertiary/aromatic N) is 2. The normalized spacial score (nSPS) is 11.1. The number of urea groups is 1. The summed E-state index contributed by atoms with van der Waals surface area (Å²) >= 11 is 0. The number of ether oxygens (including phenoxy) is 1. The number of methoxy groups -OCH3 is 1. The van der Waals surface area contributed by atoms with Crippen molar-refractivity contribution in [1.29, 1.82) is 0 Å². The first-order valence-electron chi connectivity index (χ1n) is 10.1. The Labute approximate surface area is 177 Å². The molecule has 0 aliphatic heterocycles. The van der Waals surface area contributed by atoms with Crippen LogP contribution in [-0.2, 0) is 9.53 Å². The molecule has 164 valence electrons. The fourth-order valence-corrected chi connectivity index (χ4v) is 3.12. The van der Waals surface area contributed by atoms with E-state index in [1.807, 2.05) is 18.2 Å². The highest BCUT2D eigenvalue weighted by molar-refractivity contribution is 5.97. The molecule has 2 aromatic rings. The lowest BCUT2D eigenvalue weighted by Gasteiger charge is -2.25. The Balaban J connectivity index is 2.20. The van der Waals surface area contributed by atoms with Gasteiger partial charge >= 0.3 is 6.03 Å². The Bertz CT molecular complexity index is 834. The summed E-state index contributed by atoms with van der Waals surface area (Å²) in [5.41, 5.74) is 2.93. The largest absolute Gasteiger partial charge is 0.383 e. The summed E-state index contributed by atoms with van der Waals surface area (Å²) in [7, 11) is 1.55. The van der Waals surface area contributed by atoms with Crippen LogP contribution >= 0.6 is 0 Å². The van der Waals surface area contributed by atoms with Gasteiger partial charge in [0.2, 0.25) is 5.91 Å². The molecule has 8 heteroatoms. The van der Waals surface area contributed by atoms with Crippen LogP contribution in [0.3, 0.4) is 0 Å². The number of para-hydroxylation sites is 1. The number of anilines is 2. The first kappa shape index (κ1) is 23.4.